The van der Waals surface area contributed by atoms with Crippen LogP contribution in [0.2, 0.25) is 0 Å². The Kier molecular flexibility index (Phi) is 2.32. The first kappa shape index (κ1) is 9.14. The molecule has 0 aromatic carbocycles. The van der Waals surface area contributed by atoms with Crippen LogP contribution in [0.1, 0.15) is 0 Å². The van der Waals surface area contributed by atoms with Gasteiger partial charge in [-0.05, 0) is 0 Å². The summed E-state index contributed by atoms with van der Waals surface area (Å²) in [5, 5.41) is 6.72. The van der Waals surface area contributed by atoms with E-state index in [0.29, 0.717) is 0 Å². The number of thiazole rings is 3. The van der Waals surface area contributed by atoms with Gasteiger partial charge >= 0.3 is 0 Å². The molecule has 0 N–H and O–H groups in total. The number of hydrogen-bond donors (Lipinski definition) is 0. The second-order valence-corrected chi connectivity index (χ2v) is 5.42. The molecule has 0 saturated heterocycles. The summed E-state index contributed by atoms with van der Waals surface area (Å²) in [7, 11) is 0. The molecule has 0 aliphatic heterocycles. The van der Waals surface area contributed by atoms with E-state index in [1.807, 2.05) is 10.8 Å². The summed E-state index contributed by atoms with van der Waals surface area (Å²) < 4.78 is 0. The van der Waals surface area contributed by atoms with Crippen LogP contribution in [-0.2, 0) is 0 Å². The third-order valence-electron chi connectivity index (χ3n) is 1.70. The largest absolute Gasteiger partial charge is 0.244 e. The SMILES string of the molecule is [c]1nc(-c2nccs2)sc1-c1nccs1. The van der Waals surface area contributed by atoms with Gasteiger partial charge in [-0.2, -0.15) is 0 Å². The van der Waals surface area contributed by atoms with E-state index in [1.54, 1.807) is 46.4 Å². The van der Waals surface area contributed by atoms with Crippen LogP contribution in [0, 0.1) is 6.20 Å². The molecule has 0 aliphatic rings. The zero-order valence-corrected chi connectivity index (χ0v) is 9.83. The van der Waals surface area contributed by atoms with E-state index in [4.69, 9.17) is 0 Å². The summed E-state index contributed by atoms with van der Waals surface area (Å²) in [6.07, 6.45) is 6.55. The monoisotopic (exact) mass is 250 g/mol. The molecule has 0 bridgehead atoms. The Balaban J connectivity index is 2.02. The summed E-state index contributed by atoms with van der Waals surface area (Å²) in [5.41, 5.74) is 0. The highest BCUT2D eigenvalue weighted by Gasteiger charge is 2.10. The number of hydrogen-bond acceptors (Lipinski definition) is 6. The average Bonchev–Trinajstić information content (AvgIpc) is 3.02. The van der Waals surface area contributed by atoms with Gasteiger partial charge in [-0.25, -0.2) is 15.0 Å². The van der Waals surface area contributed by atoms with Crippen LogP contribution in [0.3, 0.4) is 0 Å². The highest BCUT2D eigenvalue weighted by Crippen LogP contribution is 2.33. The van der Waals surface area contributed by atoms with Gasteiger partial charge in [0.05, 0.1) is 4.88 Å². The Bertz CT molecular complexity index is 490. The minimum atomic E-state index is 0.912. The molecule has 0 atom stereocenters. The molecule has 0 fully saturated rings. The lowest BCUT2D eigenvalue weighted by atomic mass is 10.6. The van der Waals surface area contributed by atoms with Crippen LogP contribution in [0.25, 0.3) is 19.9 Å². The van der Waals surface area contributed by atoms with Crippen molar-refractivity contribution in [3.8, 4) is 19.9 Å². The molecule has 15 heavy (non-hydrogen) atoms. The topological polar surface area (TPSA) is 38.7 Å². The lowest BCUT2D eigenvalue weighted by Crippen LogP contribution is -1.69. The molecule has 0 amide bonds. The van der Waals surface area contributed by atoms with Crippen molar-refractivity contribution >= 4 is 34.0 Å². The lowest BCUT2D eigenvalue weighted by molar-refractivity contribution is 1.34. The maximum Gasteiger partial charge on any atom is 0.153 e. The maximum absolute atomic E-state index is 4.22. The van der Waals surface area contributed by atoms with Crippen LogP contribution in [0.15, 0.2) is 23.2 Å². The molecule has 1 radical (unpaired) electrons. The molecule has 3 heterocycles. The second kappa shape index (κ2) is 3.80. The third-order valence-corrected chi connectivity index (χ3v) is 4.50. The normalized spacial score (nSPS) is 10.7. The molecular formula is C9H4N3S3. The van der Waals surface area contributed by atoms with Crippen molar-refractivity contribution in [3.63, 3.8) is 0 Å². The molecule has 3 aromatic rings. The lowest BCUT2D eigenvalue weighted by Gasteiger charge is -1.85. The van der Waals surface area contributed by atoms with Crippen molar-refractivity contribution in [2.75, 3.05) is 0 Å². The number of nitrogens with zero attached hydrogens (tertiary/aromatic N) is 3. The first-order valence-electron chi connectivity index (χ1n) is 4.12. The molecule has 6 heteroatoms. The van der Waals surface area contributed by atoms with E-state index in [9.17, 15) is 0 Å². The van der Waals surface area contributed by atoms with Crippen LogP contribution in [0.4, 0.5) is 0 Å². The van der Waals surface area contributed by atoms with Crippen LogP contribution >= 0.6 is 34.0 Å². The first-order valence-corrected chi connectivity index (χ1v) is 6.69. The van der Waals surface area contributed by atoms with Crippen LogP contribution < -0.4 is 0 Å². The Morgan fingerprint density at radius 3 is 2.33 bits per heavy atom. The molecule has 3 nitrogen and oxygen atoms in total. The highest BCUT2D eigenvalue weighted by molar-refractivity contribution is 7.25. The van der Waals surface area contributed by atoms with Gasteiger partial charge in [0.1, 0.15) is 11.2 Å². The number of rotatable bonds is 2. The van der Waals surface area contributed by atoms with E-state index in [1.165, 1.54) is 0 Å². The summed E-state index contributed by atoms with van der Waals surface area (Å²) in [4.78, 5) is 13.6. The molecular weight excluding hydrogens is 246 g/mol. The summed E-state index contributed by atoms with van der Waals surface area (Å²) in [5.74, 6) is 0. The standard InChI is InChI=1S/C9H4N3S3/c1-3-13-7(10-1)6-5-12-9(15-6)8-11-2-4-14-8/h1-4H. The molecule has 73 valence electrons. The average molecular weight is 250 g/mol. The Morgan fingerprint density at radius 2 is 1.67 bits per heavy atom. The predicted molar refractivity (Wildman–Crippen MR) is 63.2 cm³/mol. The van der Waals surface area contributed by atoms with Gasteiger partial charge in [-0.15, -0.1) is 34.0 Å². The van der Waals surface area contributed by atoms with Gasteiger partial charge in [-0.1, -0.05) is 0 Å². The third kappa shape index (κ3) is 1.71. The van der Waals surface area contributed by atoms with Crippen molar-refractivity contribution in [2.45, 2.75) is 0 Å². The van der Waals surface area contributed by atoms with Gasteiger partial charge < -0.3 is 0 Å². The molecule has 0 unspecified atom stereocenters. The van der Waals surface area contributed by atoms with Crippen molar-refractivity contribution < 1.29 is 0 Å². The predicted octanol–water partition coefficient (Wildman–Crippen LogP) is 3.19. The van der Waals surface area contributed by atoms with Crippen molar-refractivity contribution in [1.29, 1.82) is 0 Å². The zero-order valence-electron chi connectivity index (χ0n) is 7.38. The Labute approximate surface area is 98.1 Å². The minimum absolute atomic E-state index is 0.912. The fraction of sp³-hybridized carbons (Fsp3) is 0. The maximum atomic E-state index is 4.22. The molecule has 0 saturated carbocycles. The summed E-state index contributed by atoms with van der Waals surface area (Å²) in [6.45, 7) is 0. The van der Waals surface area contributed by atoms with E-state index in [0.717, 1.165) is 19.9 Å². The van der Waals surface area contributed by atoms with Gasteiger partial charge in [0.25, 0.3) is 0 Å². The van der Waals surface area contributed by atoms with E-state index in [-0.39, 0.29) is 0 Å². The molecule has 3 rings (SSSR count). The van der Waals surface area contributed by atoms with Crippen LogP contribution in [-0.4, -0.2) is 15.0 Å². The minimum Gasteiger partial charge on any atom is -0.244 e. The highest BCUT2D eigenvalue weighted by atomic mass is 32.1. The van der Waals surface area contributed by atoms with Crippen molar-refractivity contribution in [3.05, 3.63) is 29.4 Å². The van der Waals surface area contributed by atoms with Crippen molar-refractivity contribution in [1.82, 2.24) is 15.0 Å². The van der Waals surface area contributed by atoms with Crippen LogP contribution in [0.5, 0.6) is 0 Å². The van der Waals surface area contributed by atoms with Crippen molar-refractivity contribution in [2.24, 2.45) is 0 Å². The van der Waals surface area contributed by atoms with E-state index < -0.39 is 0 Å². The molecule has 0 aliphatic carbocycles. The smallest absolute Gasteiger partial charge is 0.153 e. The quantitative estimate of drug-likeness (QED) is 0.701. The second-order valence-electron chi connectivity index (χ2n) is 2.63. The Morgan fingerprint density at radius 1 is 0.933 bits per heavy atom. The summed E-state index contributed by atoms with van der Waals surface area (Å²) >= 11 is 4.76. The summed E-state index contributed by atoms with van der Waals surface area (Å²) in [6, 6.07) is 0. The molecule has 3 aromatic heterocycles. The molecule has 0 spiro atoms. The van der Waals surface area contributed by atoms with Gasteiger partial charge in [0, 0.05) is 23.2 Å². The first-order chi connectivity index (χ1) is 7.43. The zero-order chi connectivity index (χ0) is 10.1. The fourth-order valence-corrected chi connectivity index (χ4v) is 3.33. The Hall–Kier alpha value is -1.11. The fourth-order valence-electron chi connectivity index (χ4n) is 1.09. The van der Waals surface area contributed by atoms with Gasteiger partial charge in [0.15, 0.2) is 10.0 Å². The van der Waals surface area contributed by atoms with Gasteiger partial charge in [-0.3, -0.25) is 0 Å². The number of aromatic nitrogens is 3. The van der Waals surface area contributed by atoms with Gasteiger partial charge in [0.2, 0.25) is 0 Å². The van der Waals surface area contributed by atoms with E-state index >= 15 is 0 Å². The van der Waals surface area contributed by atoms with E-state index in [2.05, 4.69) is 21.1 Å².